The lowest BCUT2D eigenvalue weighted by molar-refractivity contribution is -0.134. The van der Waals surface area contributed by atoms with Crippen LogP contribution in [0.4, 0.5) is 18.9 Å². The zero-order valence-corrected chi connectivity index (χ0v) is 18.0. The summed E-state index contributed by atoms with van der Waals surface area (Å²) in [5.41, 5.74) is -0.163. The first-order valence-corrected chi connectivity index (χ1v) is 10.4. The van der Waals surface area contributed by atoms with E-state index < -0.39 is 47.7 Å². The number of amides is 2. The van der Waals surface area contributed by atoms with E-state index in [9.17, 15) is 32.8 Å². The molecule has 0 atom stereocenters. The van der Waals surface area contributed by atoms with Gasteiger partial charge in [0.2, 0.25) is 0 Å². The maximum Gasteiger partial charge on any atom is 0.293 e. The van der Waals surface area contributed by atoms with Gasteiger partial charge in [-0.05, 0) is 49.9 Å². The van der Waals surface area contributed by atoms with Crippen LogP contribution in [0.15, 0.2) is 18.2 Å². The molecule has 1 fully saturated rings. The van der Waals surface area contributed by atoms with Crippen LogP contribution in [-0.4, -0.2) is 33.6 Å². The fourth-order valence-electron chi connectivity index (χ4n) is 4.59. The number of alkyl halides is 2. The molecule has 2 heterocycles. The van der Waals surface area contributed by atoms with Crippen molar-refractivity contribution in [2.45, 2.75) is 57.5 Å². The molecule has 1 aliphatic carbocycles. The van der Waals surface area contributed by atoms with Gasteiger partial charge in [0.25, 0.3) is 23.5 Å². The number of hydrogen-bond acceptors (Lipinski definition) is 4. The first kappa shape index (κ1) is 22.6. The van der Waals surface area contributed by atoms with Crippen LogP contribution in [0.25, 0.3) is 0 Å². The minimum atomic E-state index is -3.07. The Balaban J connectivity index is 1.61. The fourth-order valence-corrected chi connectivity index (χ4v) is 4.59. The van der Waals surface area contributed by atoms with Crippen molar-refractivity contribution < 1.29 is 27.6 Å². The van der Waals surface area contributed by atoms with Gasteiger partial charge in [0.15, 0.2) is 0 Å². The van der Waals surface area contributed by atoms with Crippen molar-refractivity contribution in [1.29, 1.82) is 5.26 Å². The third-order valence-electron chi connectivity index (χ3n) is 6.18. The number of aromatic nitrogens is 1. The topological polar surface area (TPSA) is 104 Å². The van der Waals surface area contributed by atoms with E-state index in [1.807, 2.05) is 0 Å². The van der Waals surface area contributed by atoms with E-state index in [4.69, 9.17) is 0 Å². The van der Waals surface area contributed by atoms with Crippen LogP contribution in [-0.2, 0) is 17.8 Å². The molecule has 0 bridgehead atoms. The number of halogens is 3. The van der Waals surface area contributed by atoms with Crippen LogP contribution in [0.2, 0.25) is 0 Å². The zero-order chi connectivity index (χ0) is 24.1. The Kier molecular flexibility index (Phi) is 5.31. The van der Waals surface area contributed by atoms with E-state index in [2.05, 4.69) is 10.6 Å². The molecule has 0 saturated heterocycles. The Morgan fingerprint density at radius 3 is 2.48 bits per heavy atom. The number of hydrogen-bond donors (Lipinski definition) is 2. The Morgan fingerprint density at radius 2 is 1.88 bits per heavy atom. The van der Waals surface area contributed by atoms with Gasteiger partial charge >= 0.3 is 0 Å². The number of nitrogens with zero attached hydrogens (tertiary/aromatic N) is 2. The number of Topliss-reactive ketones (excluding diaryl/α,β-unsaturated/α-hetero) is 1. The average Bonchev–Trinajstić information content (AvgIpc) is 3.27. The molecule has 1 aromatic carbocycles. The Labute approximate surface area is 187 Å². The number of rotatable bonds is 5. The van der Waals surface area contributed by atoms with E-state index in [1.54, 1.807) is 23.6 Å². The highest BCUT2D eigenvalue weighted by Crippen LogP contribution is 2.45. The Hall–Kier alpha value is -3.61. The van der Waals surface area contributed by atoms with Crippen molar-refractivity contribution in [1.82, 2.24) is 9.88 Å². The average molecular weight is 458 g/mol. The molecule has 0 radical (unpaired) electrons. The quantitative estimate of drug-likeness (QED) is 0.529. The summed E-state index contributed by atoms with van der Waals surface area (Å²) >= 11 is 0. The molecule has 0 unspecified atom stereocenters. The van der Waals surface area contributed by atoms with Gasteiger partial charge in [-0.25, -0.2) is 13.2 Å². The minimum absolute atomic E-state index is 0.0319. The maximum atomic E-state index is 13.9. The van der Waals surface area contributed by atoms with E-state index in [0.29, 0.717) is 30.6 Å². The summed E-state index contributed by atoms with van der Waals surface area (Å²) in [6.07, 6.45) is -0.624. The van der Waals surface area contributed by atoms with Gasteiger partial charge in [-0.3, -0.25) is 14.4 Å². The summed E-state index contributed by atoms with van der Waals surface area (Å²) in [6.45, 7) is 3.56. The maximum absolute atomic E-state index is 13.9. The molecule has 10 heteroatoms. The molecule has 0 spiro atoms. The number of fused-ring (bicyclic) bond motifs is 1. The molecule has 7 nitrogen and oxygen atoms in total. The predicted octanol–water partition coefficient (Wildman–Crippen LogP) is 3.43. The highest BCUT2D eigenvalue weighted by atomic mass is 19.3. The molecule has 2 aromatic rings. The summed E-state index contributed by atoms with van der Waals surface area (Å²) in [7, 11) is 0. The highest BCUT2D eigenvalue weighted by molar-refractivity contribution is 6.44. The monoisotopic (exact) mass is 458 g/mol. The Morgan fingerprint density at radius 1 is 1.18 bits per heavy atom. The summed E-state index contributed by atoms with van der Waals surface area (Å²) < 4.78 is 42.1. The molecule has 2 N–H and O–H groups in total. The molecule has 1 aliphatic heterocycles. The molecule has 172 valence electrons. The zero-order valence-electron chi connectivity index (χ0n) is 18.0. The van der Waals surface area contributed by atoms with Crippen molar-refractivity contribution in [3.8, 4) is 6.07 Å². The number of ketones is 1. The van der Waals surface area contributed by atoms with Crippen LogP contribution in [0.3, 0.4) is 0 Å². The molecule has 2 aliphatic rings. The second kappa shape index (κ2) is 7.76. The number of anilines is 1. The standard InChI is InChI=1S/C23H21F3N4O3/c1-12-5-6-14(8-15(12)24)28-20(32)18-13(2)17(16-4-3-7-30(16)18)19(31)21(33)29-22(11-27)9-23(25,26)10-22/h5-6,8H,3-4,7,9-10H2,1-2H3,(H,28,32)(H,29,33). The summed E-state index contributed by atoms with van der Waals surface area (Å²) in [4.78, 5) is 38.6. The van der Waals surface area contributed by atoms with E-state index in [1.165, 1.54) is 19.1 Å². The lowest BCUT2D eigenvalue weighted by Crippen LogP contribution is -2.62. The highest BCUT2D eigenvalue weighted by Gasteiger charge is 2.58. The van der Waals surface area contributed by atoms with Gasteiger partial charge in [-0.1, -0.05) is 6.07 Å². The van der Waals surface area contributed by atoms with Crippen molar-refractivity contribution in [3.63, 3.8) is 0 Å². The number of aryl methyl sites for hydroxylation is 1. The predicted molar refractivity (Wildman–Crippen MR) is 112 cm³/mol. The number of carbonyl (C=O) groups is 3. The third-order valence-corrected chi connectivity index (χ3v) is 6.18. The van der Waals surface area contributed by atoms with Gasteiger partial charge in [-0.15, -0.1) is 0 Å². The summed E-state index contributed by atoms with van der Waals surface area (Å²) in [5, 5.41) is 14.0. The molecular formula is C23H21F3N4O3. The van der Waals surface area contributed by atoms with Gasteiger partial charge in [0, 0.05) is 30.8 Å². The minimum Gasteiger partial charge on any atom is -0.340 e. The van der Waals surface area contributed by atoms with Crippen LogP contribution in [0.5, 0.6) is 0 Å². The number of nitrogens with one attached hydrogen (secondary N) is 2. The lowest BCUT2D eigenvalue weighted by atomic mass is 9.74. The first-order chi connectivity index (χ1) is 15.5. The second-order valence-corrected chi connectivity index (χ2v) is 8.66. The van der Waals surface area contributed by atoms with Gasteiger partial charge < -0.3 is 15.2 Å². The third kappa shape index (κ3) is 3.88. The number of carbonyl (C=O) groups excluding carboxylic acids is 3. The second-order valence-electron chi connectivity index (χ2n) is 8.66. The molecule has 1 saturated carbocycles. The van der Waals surface area contributed by atoms with Crippen molar-refractivity contribution in [3.05, 3.63) is 52.1 Å². The molecule has 33 heavy (non-hydrogen) atoms. The molecule has 4 rings (SSSR count). The van der Waals surface area contributed by atoms with Crippen molar-refractivity contribution in [2.75, 3.05) is 5.32 Å². The van der Waals surface area contributed by atoms with Crippen LogP contribution < -0.4 is 10.6 Å². The lowest BCUT2D eigenvalue weighted by Gasteiger charge is -2.42. The SMILES string of the molecule is Cc1ccc(NC(=O)c2c(C)c(C(=O)C(=O)NC3(C#N)CC(F)(F)C3)c3n2CCC3)cc1F. The fraction of sp³-hybridized carbons (Fsp3) is 0.391. The van der Waals surface area contributed by atoms with Crippen LogP contribution >= 0.6 is 0 Å². The van der Waals surface area contributed by atoms with Gasteiger partial charge in [0.1, 0.15) is 17.1 Å². The van der Waals surface area contributed by atoms with Crippen molar-refractivity contribution in [2.24, 2.45) is 0 Å². The first-order valence-electron chi connectivity index (χ1n) is 10.4. The van der Waals surface area contributed by atoms with E-state index in [0.717, 1.165) is 0 Å². The number of benzene rings is 1. The summed E-state index contributed by atoms with van der Waals surface area (Å²) in [6, 6.07) is 5.93. The summed E-state index contributed by atoms with van der Waals surface area (Å²) in [5.74, 6) is -6.26. The van der Waals surface area contributed by atoms with E-state index in [-0.39, 0.29) is 22.5 Å². The van der Waals surface area contributed by atoms with Crippen molar-refractivity contribution >= 4 is 23.3 Å². The van der Waals surface area contributed by atoms with Crippen LogP contribution in [0, 0.1) is 31.0 Å². The normalized spacial score (nSPS) is 17.5. The molecule has 2 amide bonds. The smallest absolute Gasteiger partial charge is 0.293 e. The van der Waals surface area contributed by atoms with Crippen LogP contribution in [0.1, 0.15) is 56.9 Å². The molecular weight excluding hydrogens is 437 g/mol. The Bertz CT molecular complexity index is 1230. The largest absolute Gasteiger partial charge is 0.340 e. The molecule has 1 aromatic heterocycles. The number of nitriles is 1. The van der Waals surface area contributed by atoms with Gasteiger partial charge in [-0.2, -0.15) is 5.26 Å². The van der Waals surface area contributed by atoms with E-state index >= 15 is 0 Å². The van der Waals surface area contributed by atoms with Gasteiger partial charge in [0.05, 0.1) is 11.6 Å².